The zero-order valence-corrected chi connectivity index (χ0v) is 13.8. The van der Waals surface area contributed by atoms with Gasteiger partial charge in [0.05, 0.1) is 6.61 Å². The summed E-state index contributed by atoms with van der Waals surface area (Å²) >= 11 is 5.83. The van der Waals surface area contributed by atoms with Gasteiger partial charge in [0.25, 0.3) is 0 Å². The highest BCUT2D eigenvalue weighted by molar-refractivity contribution is 6.81. The van der Waals surface area contributed by atoms with Gasteiger partial charge in [-0.25, -0.2) is 4.39 Å². The first-order valence-corrected chi connectivity index (χ1v) is 8.14. The second-order valence-corrected chi connectivity index (χ2v) is 6.26. The Hall–Kier alpha value is -2.50. The molecule has 1 aliphatic heterocycles. The van der Waals surface area contributed by atoms with Gasteiger partial charge in [-0.05, 0) is 52.9 Å². The predicted molar refractivity (Wildman–Crippen MR) is 95.8 cm³/mol. The number of aromatic hydroxyl groups is 1. The van der Waals surface area contributed by atoms with Crippen molar-refractivity contribution in [2.45, 2.75) is 6.61 Å². The minimum Gasteiger partial charge on any atom is -0.504 e. The largest absolute Gasteiger partial charge is 0.504 e. The highest BCUT2D eigenvalue weighted by Gasteiger charge is 2.30. The Morgan fingerprint density at radius 3 is 2.80 bits per heavy atom. The average molecular weight is 355 g/mol. The highest BCUT2D eigenvalue weighted by Crippen LogP contribution is 2.32. The molecule has 1 heterocycles. The van der Waals surface area contributed by atoms with Crippen LogP contribution in [0.1, 0.15) is 5.56 Å². The third-order valence-corrected chi connectivity index (χ3v) is 4.34. The number of halogens is 2. The lowest BCUT2D eigenvalue weighted by molar-refractivity contribution is 0.336. The first kappa shape index (κ1) is 16.0. The van der Waals surface area contributed by atoms with Crippen LogP contribution in [0.3, 0.4) is 0 Å². The fourth-order valence-corrected chi connectivity index (χ4v) is 3.11. The number of phenolic OH excluding ortho intramolecular Hbond substituents is 1. The summed E-state index contributed by atoms with van der Waals surface area (Å²) in [5, 5.41) is 10.4. The van der Waals surface area contributed by atoms with E-state index in [1.54, 1.807) is 24.3 Å². The predicted octanol–water partition coefficient (Wildman–Crippen LogP) is 3.61. The van der Waals surface area contributed by atoms with Gasteiger partial charge < -0.3 is 14.5 Å². The number of hydrogen-bond acceptors (Lipinski definition) is 3. The molecular formula is C19H13BClFO3. The molecule has 0 aromatic heterocycles. The lowest BCUT2D eigenvalue weighted by Gasteiger charge is -2.11. The van der Waals surface area contributed by atoms with Crippen LogP contribution in [0.4, 0.5) is 4.39 Å². The van der Waals surface area contributed by atoms with Gasteiger partial charge in [0, 0.05) is 11.1 Å². The maximum absolute atomic E-state index is 13.4. The maximum atomic E-state index is 13.4. The minimum absolute atomic E-state index is 0.0316. The van der Waals surface area contributed by atoms with E-state index in [0.29, 0.717) is 23.1 Å². The first-order chi connectivity index (χ1) is 12.1. The van der Waals surface area contributed by atoms with Gasteiger partial charge in [-0.1, -0.05) is 29.8 Å². The van der Waals surface area contributed by atoms with E-state index in [0.717, 1.165) is 16.5 Å². The molecule has 0 atom stereocenters. The number of fused-ring (bicyclic) bond motifs is 1. The van der Waals surface area contributed by atoms with E-state index in [4.69, 9.17) is 21.0 Å². The van der Waals surface area contributed by atoms with E-state index in [-0.39, 0.29) is 18.5 Å². The molecule has 0 radical (unpaired) electrons. The van der Waals surface area contributed by atoms with Crippen molar-refractivity contribution in [3.63, 3.8) is 0 Å². The molecule has 0 spiro atoms. The molecule has 6 heteroatoms. The van der Waals surface area contributed by atoms with Crippen LogP contribution in [0.5, 0.6) is 17.2 Å². The number of ether oxygens (including phenoxy) is 1. The summed E-state index contributed by atoms with van der Waals surface area (Å²) in [6.07, 6.45) is 0. The van der Waals surface area contributed by atoms with Gasteiger partial charge in [-0.2, -0.15) is 0 Å². The molecule has 0 aliphatic carbocycles. The zero-order chi connectivity index (χ0) is 17.4. The molecule has 3 nitrogen and oxygen atoms in total. The first-order valence-electron chi connectivity index (χ1n) is 7.76. The average Bonchev–Trinajstić information content (AvgIpc) is 3.00. The Morgan fingerprint density at radius 1 is 1.08 bits per heavy atom. The van der Waals surface area contributed by atoms with E-state index in [1.807, 2.05) is 18.2 Å². The number of benzene rings is 3. The quantitative estimate of drug-likeness (QED) is 0.730. The molecule has 0 unspecified atom stereocenters. The minimum atomic E-state index is -0.266. The van der Waals surface area contributed by atoms with Crippen LogP contribution >= 0.6 is 11.6 Å². The normalized spacial score (nSPS) is 13.0. The summed E-state index contributed by atoms with van der Waals surface area (Å²) < 4.78 is 24.9. The van der Waals surface area contributed by atoms with Gasteiger partial charge in [0.15, 0.2) is 11.5 Å². The van der Waals surface area contributed by atoms with Crippen molar-refractivity contribution >= 4 is 29.4 Å². The molecule has 0 saturated heterocycles. The molecule has 3 aromatic rings. The summed E-state index contributed by atoms with van der Waals surface area (Å²) in [4.78, 5) is 0. The van der Waals surface area contributed by atoms with Crippen LogP contribution in [0.2, 0.25) is 5.02 Å². The molecule has 1 N–H and O–H groups in total. The molecule has 3 aromatic carbocycles. The Kier molecular flexibility index (Phi) is 4.11. The van der Waals surface area contributed by atoms with Crippen LogP contribution in [-0.4, -0.2) is 12.0 Å². The third-order valence-electron chi connectivity index (χ3n) is 4.10. The van der Waals surface area contributed by atoms with Crippen LogP contribution in [0, 0.1) is 5.82 Å². The summed E-state index contributed by atoms with van der Waals surface area (Å²) in [5.74, 6) is 0.583. The second-order valence-electron chi connectivity index (χ2n) is 5.82. The summed E-state index contributed by atoms with van der Waals surface area (Å²) in [7, 11) is 0. The number of rotatable bonds is 3. The van der Waals surface area contributed by atoms with Gasteiger partial charge in [0.2, 0.25) is 0 Å². The number of hydrogen-bond donors (Lipinski definition) is 1. The lowest BCUT2D eigenvalue weighted by Crippen LogP contribution is -2.41. The van der Waals surface area contributed by atoms with Gasteiger partial charge in [0.1, 0.15) is 11.6 Å². The molecule has 4 rings (SSSR count). The van der Waals surface area contributed by atoms with Crippen LogP contribution in [0.15, 0.2) is 60.7 Å². The summed E-state index contributed by atoms with van der Waals surface area (Å²) in [6, 6.07) is 16.8. The van der Waals surface area contributed by atoms with Crippen molar-refractivity contribution in [1.82, 2.24) is 0 Å². The van der Waals surface area contributed by atoms with Crippen LogP contribution in [0.25, 0.3) is 0 Å². The topological polar surface area (TPSA) is 38.7 Å². The Morgan fingerprint density at radius 2 is 1.96 bits per heavy atom. The van der Waals surface area contributed by atoms with Crippen molar-refractivity contribution in [1.29, 1.82) is 0 Å². The second kappa shape index (κ2) is 6.43. The van der Waals surface area contributed by atoms with E-state index < -0.39 is 0 Å². The van der Waals surface area contributed by atoms with E-state index in [9.17, 15) is 9.50 Å². The lowest BCUT2D eigenvalue weighted by atomic mass is 9.56. The highest BCUT2D eigenvalue weighted by atomic mass is 35.5. The van der Waals surface area contributed by atoms with Crippen molar-refractivity contribution in [2.75, 3.05) is 0 Å². The molecule has 1 aliphatic rings. The molecule has 0 bridgehead atoms. The van der Waals surface area contributed by atoms with Gasteiger partial charge >= 0.3 is 6.92 Å². The van der Waals surface area contributed by atoms with Crippen LogP contribution < -0.4 is 15.7 Å². The van der Waals surface area contributed by atoms with Crippen molar-refractivity contribution < 1.29 is 18.9 Å². The van der Waals surface area contributed by atoms with Crippen molar-refractivity contribution in [2.24, 2.45) is 0 Å². The Labute approximate surface area is 149 Å². The molecular weight excluding hydrogens is 341 g/mol. The molecule has 0 saturated carbocycles. The van der Waals surface area contributed by atoms with E-state index in [1.165, 1.54) is 18.2 Å². The maximum Gasteiger partial charge on any atom is 0.362 e. The van der Waals surface area contributed by atoms with E-state index in [2.05, 4.69) is 0 Å². The summed E-state index contributed by atoms with van der Waals surface area (Å²) in [6.45, 7) is 0.110. The smallest absolute Gasteiger partial charge is 0.362 e. The molecule has 0 fully saturated rings. The van der Waals surface area contributed by atoms with E-state index >= 15 is 0 Å². The monoisotopic (exact) mass is 354 g/mol. The molecule has 0 amide bonds. The summed E-state index contributed by atoms with van der Waals surface area (Å²) in [5.41, 5.74) is 2.70. The third kappa shape index (κ3) is 3.21. The fourth-order valence-electron chi connectivity index (χ4n) is 2.94. The van der Waals surface area contributed by atoms with Crippen molar-refractivity contribution in [3.05, 3.63) is 77.1 Å². The molecule has 124 valence electrons. The molecule has 25 heavy (non-hydrogen) atoms. The SMILES string of the molecule is Oc1cc(Cl)ccc1Oc1cccc(B2OCc3cc(F)ccc32)c1. The Balaban J connectivity index is 1.63. The van der Waals surface area contributed by atoms with Crippen molar-refractivity contribution in [3.8, 4) is 17.2 Å². The van der Waals surface area contributed by atoms with Gasteiger partial charge in [-0.3, -0.25) is 0 Å². The Bertz CT molecular complexity index is 948. The van der Waals surface area contributed by atoms with Crippen LogP contribution in [-0.2, 0) is 11.3 Å². The number of phenols is 1. The standard InChI is InChI=1S/C19H13BClFO3/c21-14-4-7-19(18(23)10-14)25-16-3-1-2-13(9-16)20-17-6-5-15(22)8-12(17)11-24-20/h1-10,23H,11H2. The van der Waals surface area contributed by atoms with Gasteiger partial charge in [-0.15, -0.1) is 0 Å². The zero-order valence-electron chi connectivity index (χ0n) is 13.1. The fraction of sp³-hybridized carbons (Fsp3) is 0.0526.